The van der Waals surface area contributed by atoms with E-state index in [2.05, 4.69) is 14.9 Å². The standard InChI is InChI=1S/C15H15N3O4S2/c19-8-11-6-18(7-12(11)10-4-5-23-9-10)24(20,21)14-3-1-2-13-15(14)17-22-16-13/h1-5,9,11-12,19H,6-8H2/t11-,12+/m1/s1. The molecule has 1 fully saturated rings. The van der Waals surface area contributed by atoms with Gasteiger partial charge in [-0.25, -0.2) is 13.0 Å². The first-order valence-electron chi connectivity index (χ1n) is 7.45. The van der Waals surface area contributed by atoms with Gasteiger partial charge in [-0.05, 0) is 44.8 Å². The fourth-order valence-corrected chi connectivity index (χ4v) is 5.59. The van der Waals surface area contributed by atoms with E-state index < -0.39 is 10.0 Å². The normalized spacial score (nSPS) is 22.4. The lowest BCUT2D eigenvalue weighted by molar-refractivity contribution is 0.223. The summed E-state index contributed by atoms with van der Waals surface area (Å²) in [5.41, 5.74) is 1.71. The monoisotopic (exact) mass is 365 g/mol. The molecule has 0 spiro atoms. The van der Waals surface area contributed by atoms with E-state index in [4.69, 9.17) is 0 Å². The maximum absolute atomic E-state index is 13.1. The average molecular weight is 365 g/mol. The van der Waals surface area contributed by atoms with Crippen LogP contribution in [0.5, 0.6) is 0 Å². The van der Waals surface area contributed by atoms with E-state index in [0.717, 1.165) is 5.56 Å². The lowest BCUT2D eigenvalue weighted by Crippen LogP contribution is -2.29. The van der Waals surface area contributed by atoms with Gasteiger partial charge in [0.1, 0.15) is 10.4 Å². The summed E-state index contributed by atoms with van der Waals surface area (Å²) >= 11 is 1.57. The summed E-state index contributed by atoms with van der Waals surface area (Å²) in [6.45, 7) is 0.565. The van der Waals surface area contributed by atoms with Gasteiger partial charge in [0.05, 0.1) is 0 Å². The molecule has 1 N–H and O–H groups in total. The Hall–Kier alpha value is -1.81. The molecular formula is C15H15N3O4S2. The van der Waals surface area contributed by atoms with Gasteiger partial charge in [0, 0.05) is 31.5 Å². The third kappa shape index (κ3) is 2.44. The summed E-state index contributed by atoms with van der Waals surface area (Å²) in [7, 11) is -3.74. The molecule has 1 aliphatic heterocycles. The van der Waals surface area contributed by atoms with E-state index in [1.165, 1.54) is 10.4 Å². The minimum Gasteiger partial charge on any atom is -0.396 e. The minimum absolute atomic E-state index is 0.00865. The zero-order chi connectivity index (χ0) is 16.7. The lowest BCUT2D eigenvalue weighted by atomic mass is 9.92. The Morgan fingerprint density at radius 3 is 2.92 bits per heavy atom. The van der Waals surface area contributed by atoms with Gasteiger partial charge in [0.15, 0.2) is 5.52 Å². The van der Waals surface area contributed by atoms with Gasteiger partial charge >= 0.3 is 0 Å². The topological polar surface area (TPSA) is 96.5 Å². The zero-order valence-electron chi connectivity index (χ0n) is 12.6. The predicted octanol–water partition coefficient (Wildman–Crippen LogP) is 1.68. The molecule has 24 heavy (non-hydrogen) atoms. The van der Waals surface area contributed by atoms with Crippen molar-refractivity contribution in [2.45, 2.75) is 10.8 Å². The van der Waals surface area contributed by atoms with Crippen molar-refractivity contribution in [2.24, 2.45) is 5.92 Å². The molecule has 0 unspecified atom stereocenters. The first-order valence-corrected chi connectivity index (χ1v) is 9.84. The van der Waals surface area contributed by atoms with Crippen LogP contribution in [-0.4, -0.2) is 47.8 Å². The predicted molar refractivity (Wildman–Crippen MR) is 88.2 cm³/mol. The number of thiophene rings is 1. The Kier molecular flexibility index (Phi) is 3.87. The smallest absolute Gasteiger partial charge is 0.245 e. The van der Waals surface area contributed by atoms with Crippen molar-refractivity contribution in [3.05, 3.63) is 40.6 Å². The molecule has 1 saturated heterocycles. The van der Waals surface area contributed by atoms with Crippen molar-refractivity contribution in [1.82, 2.24) is 14.6 Å². The molecule has 0 saturated carbocycles. The Bertz CT molecular complexity index is 952. The van der Waals surface area contributed by atoms with Crippen molar-refractivity contribution in [3.8, 4) is 0 Å². The van der Waals surface area contributed by atoms with Crippen LogP contribution in [0.15, 0.2) is 44.6 Å². The molecule has 0 radical (unpaired) electrons. The molecule has 2 atom stereocenters. The molecule has 0 aliphatic carbocycles. The number of aliphatic hydroxyl groups excluding tert-OH is 1. The molecule has 3 aromatic rings. The maximum atomic E-state index is 13.1. The molecule has 126 valence electrons. The molecule has 4 rings (SSSR count). The van der Waals surface area contributed by atoms with Crippen LogP contribution in [0.2, 0.25) is 0 Å². The molecule has 1 aromatic carbocycles. The molecule has 0 bridgehead atoms. The van der Waals surface area contributed by atoms with Crippen LogP contribution in [0.25, 0.3) is 11.0 Å². The highest BCUT2D eigenvalue weighted by Crippen LogP contribution is 2.37. The second-order valence-corrected chi connectivity index (χ2v) is 8.50. The molecule has 2 aromatic heterocycles. The first kappa shape index (κ1) is 15.7. The minimum atomic E-state index is -3.74. The number of benzene rings is 1. The number of hydrogen-bond acceptors (Lipinski definition) is 7. The average Bonchev–Trinajstić information content (AvgIpc) is 3.31. The van der Waals surface area contributed by atoms with Crippen LogP contribution in [-0.2, 0) is 10.0 Å². The second kappa shape index (κ2) is 5.92. The van der Waals surface area contributed by atoms with Gasteiger partial charge in [-0.3, -0.25) is 0 Å². The van der Waals surface area contributed by atoms with Gasteiger partial charge in [0.2, 0.25) is 10.0 Å². The number of sulfonamides is 1. The number of nitrogens with zero attached hydrogens (tertiary/aromatic N) is 3. The number of fused-ring (bicyclic) bond motifs is 1. The molecule has 0 amide bonds. The summed E-state index contributed by atoms with van der Waals surface area (Å²) in [6.07, 6.45) is 0. The van der Waals surface area contributed by atoms with Gasteiger partial charge < -0.3 is 5.11 Å². The van der Waals surface area contributed by atoms with Crippen molar-refractivity contribution in [2.75, 3.05) is 19.7 Å². The summed E-state index contributed by atoms with van der Waals surface area (Å²) in [4.78, 5) is 0.0870. The molecule has 9 heteroatoms. The van der Waals surface area contributed by atoms with Crippen molar-refractivity contribution in [3.63, 3.8) is 0 Å². The molecule has 3 heterocycles. The summed E-state index contributed by atoms with van der Waals surface area (Å²) in [5, 5.41) is 21.1. The third-order valence-corrected chi connectivity index (χ3v) is 7.04. The Morgan fingerprint density at radius 2 is 2.17 bits per heavy atom. The number of hydrogen-bond donors (Lipinski definition) is 1. The molecule has 7 nitrogen and oxygen atoms in total. The Morgan fingerprint density at radius 1 is 1.29 bits per heavy atom. The van der Waals surface area contributed by atoms with Crippen LogP contribution in [0.3, 0.4) is 0 Å². The summed E-state index contributed by atoms with van der Waals surface area (Å²) < 4.78 is 32.2. The largest absolute Gasteiger partial charge is 0.396 e. The van der Waals surface area contributed by atoms with E-state index in [-0.39, 0.29) is 35.4 Å². The van der Waals surface area contributed by atoms with Crippen molar-refractivity contribution < 1.29 is 18.2 Å². The highest BCUT2D eigenvalue weighted by atomic mass is 32.2. The van der Waals surface area contributed by atoms with Gasteiger partial charge in [-0.2, -0.15) is 15.6 Å². The van der Waals surface area contributed by atoms with E-state index in [0.29, 0.717) is 12.1 Å². The SMILES string of the molecule is O=S(=O)(c1cccc2nonc12)N1C[C@H](CO)[C@H](c2ccsc2)C1. The van der Waals surface area contributed by atoms with Gasteiger partial charge in [-0.1, -0.05) is 6.07 Å². The molecular weight excluding hydrogens is 350 g/mol. The fraction of sp³-hybridized carbons (Fsp3) is 0.333. The van der Waals surface area contributed by atoms with Gasteiger partial charge in [0.25, 0.3) is 0 Å². The maximum Gasteiger partial charge on any atom is 0.245 e. The van der Waals surface area contributed by atoms with Crippen LogP contribution in [0.1, 0.15) is 11.5 Å². The third-order valence-electron chi connectivity index (χ3n) is 4.48. The van der Waals surface area contributed by atoms with Crippen LogP contribution >= 0.6 is 11.3 Å². The Balaban J connectivity index is 1.72. The van der Waals surface area contributed by atoms with Crippen LogP contribution < -0.4 is 0 Å². The summed E-state index contributed by atoms with van der Waals surface area (Å²) in [6, 6.07) is 6.76. The number of rotatable bonds is 4. The zero-order valence-corrected chi connectivity index (χ0v) is 14.2. The van der Waals surface area contributed by atoms with Crippen molar-refractivity contribution in [1.29, 1.82) is 0 Å². The van der Waals surface area contributed by atoms with Gasteiger partial charge in [-0.15, -0.1) is 0 Å². The van der Waals surface area contributed by atoms with Crippen LogP contribution in [0.4, 0.5) is 0 Å². The number of aliphatic hydroxyl groups is 1. The fourth-order valence-electron chi connectivity index (χ4n) is 3.21. The van der Waals surface area contributed by atoms with E-state index >= 15 is 0 Å². The second-order valence-electron chi connectivity index (χ2n) is 5.82. The van der Waals surface area contributed by atoms with E-state index in [9.17, 15) is 13.5 Å². The van der Waals surface area contributed by atoms with Crippen LogP contribution in [0, 0.1) is 5.92 Å². The first-order chi connectivity index (χ1) is 11.6. The van der Waals surface area contributed by atoms with E-state index in [1.807, 2.05) is 16.8 Å². The quantitative estimate of drug-likeness (QED) is 0.756. The molecule has 1 aliphatic rings. The highest BCUT2D eigenvalue weighted by molar-refractivity contribution is 7.89. The van der Waals surface area contributed by atoms with E-state index in [1.54, 1.807) is 23.5 Å². The number of aromatic nitrogens is 2. The Labute approximate surface area is 142 Å². The highest BCUT2D eigenvalue weighted by Gasteiger charge is 2.40. The van der Waals surface area contributed by atoms with Crippen molar-refractivity contribution >= 4 is 32.4 Å². The summed E-state index contributed by atoms with van der Waals surface area (Å²) in [5.74, 6) is -0.130. The lowest BCUT2D eigenvalue weighted by Gasteiger charge is -2.16.